The third kappa shape index (κ3) is 1.21. The number of nitriles is 1. The molecule has 0 aliphatic heterocycles. The molecule has 0 atom stereocenters. The molecule has 0 bridgehead atoms. The van der Waals surface area contributed by atoms with Gasteiger partial charge in [-0.1, -0.05) is 0 Å². The maximum atomic E-state index is 8.64. The van der Waals surface area contributed by atoms with Crippen molar-refractivity contribution in [3.05, 3.63) is 28.0 Å². The van der Waals surface area contributed by atoms with Crippen LogP contribution < -0.4 is 0 Å². The minimum absolute atomic E-state index is 0.432. The maximum Gasteiger partial charge on any atom is 0.142 e. The molecule has 0 spiro atoms. The molecule has 0 saturated carbocycles. The number of aromatic nitrogens is 2. The van der Waals surface area contributed by atoms with E-state index >= 15 is 0 Å². The van der Waals surface area contributed by atoms with Crippen LogP contribution in [0.3, 0.4) is 0 Å². The second-order valence-electron chi connectivity index (χ2n) is 2.77. The van der Waals surface area contributed by atoms with Crippen LogP contribution in [0.25, 0.3) is 11.0 Å². The van der Waals surface area contributed by atoms with Crippen LogP contribution >= 0.6 is 15.9 Å². The Hall–Kier alpha value is -1.34. The highest BCUT2D eigenvalue weighted by atomic mass is 79.9. The van der Waals surface area contributed by atoms with E-state index in [1.54, 1.807) is 6.07 Å². The van der Waals surface area contributed by atoms with Crippen LogP contribution in [0.5, 0.6) is 0 Å². The Kier molecular flexibility index (Phi) is 1.82. The number of nitrogens with zero attached hydrogens (tertiary/aromatic N) is 2. The zero-order valence-corrected chi connectivity index (χ0v) is 8.51. The summed E-state index contributed by atoms with van der Waals surface area (Å²) in [5.74, 6) is 0. The topological polar surface area (TPSA) is 52.5 Å². The number of hydrogen-bond donors (Lipinski definition) is 1. The van der Waals surface area contributed by atoms with Crippen LogP contribution in [-0.2, 0) is 0 Å². The number of pyridine rings is 1. The van der Waals surface area contributed by atoms with Gasteiger partial charge in [-0.15, -0.1) is 0 Å². The van der Waals surface area contributed by atoms with Crippen LogP contribution in [0.4, 0.5) is 0 Å². The van der Waals surface area contributed by atoms with Crippen molar-refractivity contribution in [2.45, 2.75) is 6.92 Å². The molecule has 3 nitrogen and oxygen atoms in total. The second-order valence-corrected chi connectivity index (χ2v) is 3.56. The van der Waals surface area contributed by atoms with E-state index in [0.29, 0.717) is 5.69 Å². The largest absolute Gasteiger partial charge is 0.342 e. The van der Waals surface area contributed by atoms with E-state index in [4.69, 9.17) is 5.26 Å². The average molecular weight is 236 g/mol. The van der Waals surface area contributed by atoms with E-state index in [2.05, 4.69) is 25.9 Å². The molecule has 0 fully saturated rings. The number of H-pyrrole nitrogens is 1. The van der Waals surface area contributed by atoms with E-state index < -0.39 is 0 Å². The summed E-state index contributed by atoms with van der Waals surface area (Å²) in [6, 6.07) is 5.59. The molecule has 2 rings (SSSR count). The fourth-order valence-electron chi connectivity index (χ4n) is 1.23. The van der Waals surface area contributed by atoms with Gasteiger partial charge in [-0.05, 0) is 35.0 Å². The first-order valence-corrected chi connectivity index (χ1v) is 4.56. The Morgan fingerprint density at radius 3 is 3.00 bits per heavy atom. The fourth-order valence-corrected chi connectivity index (χ4v) is 1.65. The lowest BCUT2D eigenvalue weighted by molar-refractivity contribution is 1.22. The molecule has 1 N–H and O–H groups in total. The minimum Gasteiger partial charge on any atom is -0.342 e. The molecule has 2 heterocycles. The summed E-state index contributed by atoms with van der Waals surface area (Å²) in [7, 11) is 0. The van der Waals surface area contributed by atoms with Crippen molar-refractivity contribution >= 4 is 27.0 Å². The molecule has 64 valence electrons. The summed E-state index contributed by atoms with van der Waals surface area (Å²) >= 11 is 3.44. The lowest BCUT2D eigenvalue weighted by atomic mass is 10.3. The molecule has 0 aromatic carbocycles. The van der Waals surface area contributed by atoms with Gasteiger partial charge in [-0.3, -0.25) is 0 Å². The molecule has 13 heavy (non-hydrogen) atoms. The number of aromatic amines is 1. The summed E-state index contributed by atoms with van der Waals surface area (Å²) < 4.78 is 1.01. The summed E-state index contributed by atoms with van der Waals surface area (Å²) in [6.07, 6.45) is 0. The van der Waals surface area contributed by atoms with Gasteiger partial charge in [0.25, 0.3) is 0 Å². The van der Waals surface area contributed by atoms with E-state index in [9.17, 15) is 0 Å². The van der Waals surface area contributed by atoms with E-state index in [1.807, 2.05) is 19.1 Å². The van der Waals surface area contributed by atoms with E-state index in [-0.39, 0.29) is 0 Å². The highest BCUT2D eigenvalue weighted by molar-refractivity contribution is 9.10. The Balaban J connectivity index is 2.82. The number of nitrogens with one attached hydrogen (secondary N) is 1. The molecule has 0 aliphatic carbocycles. The van der Waals surface area contributed by atoms with Crippen molar-refractivity contribution in [2.24, 2.45) is 0 Å². The molecule has 2 aromatic rings. The average Bonchev–Trinajstić information content (AvgIpc) is 2.42. The number of halogens is 1. The summed E-state index contributed by atoms with van der Waals surface area (Å²) in [5, 5.41) is 9.65. The molecule has 0 saturated heterocycles. The van der Waals surface area contributed by atoms with E-state index in [1.165, 1.54) is 0 Å². The van der Waals surface area contributed by atoms with Crippen molar-refractivity contribution in [1.82, 2.24) is 9.97 Å². The molecular formula is C9H6BrN3. The zero-order chi connectivity index (χ0) is 9.42. The Morgan fingerprint density at radius 2 is 2.31 bits per heavy atom. The molecular weight excluding hydrogens is 230 g/mol. The number of hydrogen-bond acceptors (Lipinski definition) is 2. The van der Waals surface area contributed by atoms with Crippen molar-refractivity contribution in [1.29, 1.82) is 5.26 Å². The molecule has 0 unspecified atom stereocenters. The molecule has 0 amide bonds. The number of rotatable bonds is 0. The second kappa shape index (κ2) is 2.86. The smallest absolute Gasteiger partial charge is 0.142 e. The fraction of sp³-hybridized carbons (Fsp3) is 0.111. The Bertz CT molecular complexity index is 507. The van der Waals surface area contributed by atoms with Crippen LogP contribution in [0.2, 0.25) is 0 Å². The van der Waals surface area contributed by atoms with Gasteiger partial charge in [0.15, 0.2) is 0 Å². The van der Waals surface area contributed by atoms with Crippen molar-refractivity contribution in [2.75, 3.05) is 0 Å². The van der Waals surface area contributed by atoms with Crippen LogP contribution in [0, 0.1) is 18.3 Å². The zero-order valence-electron chi connectivity index (χ0n) is 6.93. The van der Waals surface area contributed by atoms with Gasteiger partial charge in [0.05, 0.1) is 0 Å². The third-order valence-corrected chi connectivity index (χ3v) is 2.90. The van der Waals surface area contributed by atoms with Crippen LogP contribution in [0.15, 0.2) is 16.6 Å². The summed E-state index contributed by atoms with van der Waals surface area (Å²) in [5.41, 5.74) is 2.21. The summed E-state index contributed by atoms with van der Waals surface area (Å²) in [6.45, 7) is 1.96. The van der Waals surface area contributed by atoms with Crippen molar-refractivity contribution in [3.63, 3.8) is 0 Å². The van der Waals surface area contributed by atoms with Crippen molar-refractivity contribution in [3.8, 4) is 6.07 Å². The number of fused-ring (bicyclic) bond motifs is 1. The van der Waals surface area contributed by atoms with Gasteiger partial charge in [-0.25, -0.2) is 4.98 Å². The molecule has 4 heteroatoms. The standard InChI is InChI=1S/C9H6BrN3/c1-5-8(10)7-3-2-6(4-11)13-9(7)12-5/h2-3H,1H3,(H,12,13). The van der Waals surface area contributed by atoms with Gasteiger partial charge in [0.2, 0.25) is 0 Å². The van der Waals surface area contributed by atoms with Gasteiger partial charge in [-0.2, -0.15) is 5.26 Å². The van der Waals surface area contributed by atoms with Gasteiger partial charge in [0.1, 0.15) is 17.4 Å². The predicted octanol–water partition coefficient (Wildman–Crippen LogP) is 2.51. The van der Waals surface area contributed by atoms with Gasteiger partial charge >= 0.3 is 0 Å². The normalized spacial score (nSPS) is 10.2. The van der Waals surface area contributed by atoms with Crippen molar-refractivity contribution < 1.29 is 0 Å². The monoisotopic (exact) mass is 235 g/mol. The first-order valence-electron chi connectivity index (χ1n) is 3.77. The quantitative estimate of drug-likeness (QED) is 0.763. The molecule has 0 aliphatic rings. The maximum absolute atomic E-state index is 8.64. The Labute approximate surface area is 83.5 Å². The Morgan fingerprint density at radius 1 is 1.54 bits per heavy atom. The summed E-state index contributed by atoms with van der Waals surface area (Å²) in [4.78, 5) is 7.22. The highest BCUT2D eigenvalue weighted by Crippen LogP contribution is 2.25. The van der Waals surface area contributed by atoms with Gasteiger partial charge in [0, 0.05) is 15.6 Å². The molecule has 2 aromatic heterocycles. The molecule has 0 radical (unpaired) electrons. The lowest BCUT2D eigenvalue weighted by Crippen LogP contribution is -1.81. The van der Waals surface area contributed by atoms with Crippen LogP contribution in [0.1, 0.15) is 11.4 Å². The first kappa shape index (κ1) is 8.27. The van der Waals surface area contributed by atoms with Crippen LogP contribution in [-0.4, -0.2) is 9.97 Å². The predicted molar refractivity (Wildman–Crippen MR) is 53.2 cm³/mol. The first-order chi connectivity index (χ1) is 6.22. The van der Waals surface area contributed by atoms with E-state index in [0.717, 1.165) is 21.2 Å². The number of aryl methyl sites for hydroxylation is 1. The highest BCUT2D eigenvalue weighted by Gasteiger charge is 2.06. The lowest BCUT2D eigenvalue weighted by Gasteiger charge is -1.89. The third-order valence-electron chi connectivity index (χ3n) is 1.88. The SMILES string of the molecule is Cc1[nH]c2nc(C#N)ccc2c1Br. The minimum atomic E-state index is 0.432. The van der Waals surface area contributed by atoms with Gasteiger partial charge < -0.3 is 4.98 Å².